The van der Waals surface area contributed by atoms with Crippen molar-refractivity contribution in [3.63, 3.8) is 0 Å². The van der Waals surface area contributed by atoms with Crippen LogP contribution in [0.15, 0.2) is 18.2 Å². The lowest BCUT2D eigenvalue weighted by atomic mass is 10.1. The van der Waals surface area contributed by atoms with E-state index in [2.05, 4.69) is 31.1 Å². The molecule has 1 aliphatic rings. The number of nitrogens with two attached hydrogens (primary N) is 1. The molecule has 0 fully saturated rings. The number of hydrogen-bond acceptors (Lipinski definition) is 2. The summed E-state index contributed by atoms with van der Waals surface area (Å²) in [4.78, 5) is 2.28. The lowest BCUT2D eigenvalue weighted by Crippen LogP contribution is -2.17. The highest BCUT2D eigenvalue weighted by molar-refractivity contribution is 5.47. The number of hydrogen-bond donors (Lipinski definition) is 1. The minimum absolute atomic E-state index is 0.593. The molecule has 1 atom stereocenters. The van der Waals surface area contributed by atoms with E-state index < -0.39 is 0 Å². The van der Waals surface area contributed by atoms with Crippen molar-refractivity contribution < 1.29 is 0 Å². The molecule has 2 nitrogen and oxygen atoms in total. The van der Waals surface area contributed by atoms with Crippen LogP contribution >= 0.6 is 0 Å². The van der Waals surface area contributed by atoms with Crippen molar-refractivity contribution in [3.05, 3.63) is 29.3 Å². The van der Waals surface area contributed by atoms with Crippen LogP contribution in [0.2, 0.25) is 0 Å². The van der Waals surface area contributed by atoms with E-state index in [-0.39, 0.29) is 0 Å². The molecular formula is C11H16N2. The number of nitrogen functional groups attached to an aromatic ring is 1. The highest BCUT2D eigenvalue weighted by Gasteiger charge is 2.23. The van der Waals surface area contributed by atoms with E-state index in [1.807, 2.05) is 6.07 Å². The number of rotatable bonds is 1. The Labute approximate surface area is 79.4 Å². The fourth-order valence-electron chi connectivity index (χ4n) is 2.15. The molecule has 1 unspecified atom stereocenters. The molecule has 0 heterocycles. The summed E-state index contributed by atoms with van der Waals surface area (Å²) in [6.45, 7) is 0. The average molecular weight is 176 g/mol. The summed E-state index contributed by atoms with van der Waals surface area (Å²) in [7, 11) is 4.27. The Balaban J connectivity index is 2.38. The molecule has 2 N–H and O–H groups in total. The monoisotopic (exact) mass is 176 g/mol. The topological polar surface area (TPSA) is 29.3 Å². The molecule has 2 rings (SSSR count). The van der Waals surface area contributed by atoms with Crippen LogP contribution in [0.3, 0.4) is 0 Å². The van der Waals surface area contributed by atoms with Gasteiger partial charge in [-0.1, -0.05) is 6.07 Å². The second-order valence-electron chi connectivity index (χ2n) is 3.98. The highest BCUT2D eigenvalue weighted by Crippen LogP contribution is 2.34. The Morgan fingerprint density at radius 2 is 2.15 bits per heavy atom. The minimum Gasteiger partial charge on any atom is -0.399 e. The lowest BCUT2D eigenvalue weighted by molar-refractivity contribution is 0.299. The molecule has 0 aliphatic heterocycles. The standard InChI is InChI=1S/C11H16N2/c1-13(2)11-6-3-8-7-9(12)4-5-10(8)11/h4-5,7,11H,3,6,12H2,1-2H3. The van der Waals surface area contributed by atoms with E-state index in [1.54, 1.807) is 0 Å². The quantitative estimate of drug-likeness (QED) is 0.661. The third kappa shape index (κ3) is 1.42. The molecule has 70 valence electrons. The summed E-state index contributed by atoms with van der Waals surface area (Å²) in [5, 5.41) is 0. The Hall–Kier alpha value is -1.02. The smallest absolute Gasteiger partial charge is 0.0347 e. The van der Waals surface area contributed by atoms with Gasteiger partial charge < -0.3 is 10.6 Å². The molecule has 0 bridgehead atoms. The van der Waals surface area contributed by atoms with Crippen LogP contribution in [0.25, 0.3) is 0 Å². The summed E-state index contributed by atoms with van der Waals surface area (Å²) in [6, 6.07) is 6.87. The number of aryl methyl sites for hydroxylation is 1. The van der Waals surface area contributed by atoms with E-state index in [1.165, 1.54) is 24.0 Å². The number of nitrogens with zero attached hydrogens (tertiary/aromatic N) is 1. The normalized spacial score (nSPS) is 20.7. The van der Waals surface area contributed by atoms with Gasteiger partial charge in [0.1, 0.15) is 0 Å². The molecule has 0 saturated heterocycles. The molecule has 1 aromatic carbocycles. The molecule has 1 aromatic rings. The first-order chi connectivity index (χ1) is 6.18. The van der Waals surface area contributed by atoms with Crippen LogP contribution in [-0.4, -0.2) is 19.0 Å². The third-order valence-corrected chi connectivity index (χ3v) is 2.84. The highest BCUT2D eigenvalue weighted by atomic mass is 15.1. The summed E-state index contributed by atoms with van der Waals surface area (Å²) in [5.74, 6) is 0. The van der Waals surface area contributed by atoms with E-state index >= 15 is 0 Å². The lowest BCUT2D eigenvalue weighted by Gasteiger charge is -2.19. The number of benzene rings is 1. The zero-order chi connectivity index (χ0) is 9.42. The van der Waals surface area contributed by atoms with Gasteiger partial charge in [-0.3, -0.25) is 0 Å². The van der Waals surface area contributed by atoms with Gasteiger partial charge in [-0.25, -0.2) is 0 Å². The van der Waals surface area contributed by atoms with Crippen LogP contribution in [0.1, 0.15) is 23.6 Å². The maximum Gasteiger partial charge on any atom is 0.0347 e. The minimum atomic E-state index is 0.593. The van der Waals surface area contributed by atoms with Crippen molar-refractivity contribution in [3.8, 4) is 0 Å². The number of fused-ring (bicyclic) bond motifs is 1. The zero-order valence-corrected chi connectivity index (χ0v) is 8.25. The van der Waals surface area contributed by atoms with Gasteiger partial charge in [-0.15, -0.1) is 0 Å². The van der Waals surface area contributed by atoms with E-state index in [4.69, 9.17) is 5.73 Å². The van der Waals surface area contributed by atoms with Crippen LogP contribution in [0.4, 0.5) is 5.69 Å². The van der Waals surface area contributed by atoms with Gasteiger partial charge in [-0.05, 0) is 50.2 Å². The molecule has 0 radical (unpaired) electrons. The van der Waals surface area contributed by atoms with Crippen molar-refractivity contribution in [1.29, 1.82) is 0 Å². The van der Waals surface area contributed by atoms with Crippen molar-refractivity contribution in [2.75, 3.05) is 19.8 Å². The number of anilines is 1. The average Bonchev–Trinajstić information content (AvgIpc) is 2.46. The van der Waals surface area contributed by atoms with E-state index in [0.717, 1.165) is 5.69 Å². The van der Waals surface area contributed by atoms with Gasteiger partial charge in [0, 0.05) is 11.7 Å². The molecule has 1 aliphatic carbocycles. The first kappa shape index (κ1) is 8.57. The summed E-state index contributed by atoms with van der Waals surface area (Å²) in [6.07, 6.45) is 2.40. The first-order valence-corrected chi connectivity index (χ1v) is 4.73. The van der Waals surface area contributed by atoms with Crippen LogP contribution in [0, 0.1) is 0 Å². The molecule has 0 aromatic heterocycles. The second-order valence-corrected chi connectivity index (χ2v) is 3.98. The van der Waals surface area contributed by atoms with Crippen molar-refractivity contribution in [2.24, 2.45) is 0 Å². The van der Waals surface area contributed by atoms with E-state index in [9.17, 15) is 0 Å². The van der Waals surface area contributed by atoms with Crippen LogP contribution in [-0.2, 0) is 6.42 Å². The SMILES string of the molecule is CN(C)C1CCc2cc(N)ccc21. The van der Waals surface area contributed by atoms with Gasteiger partial charge >= 0.3 is 0 Å². The van der Waals surface area contributed by atoms with Crippen LogP contribution in [0.5, 0.6) is 0 Å². The third-order valence-electron chi connectivity index (χ3n) is 2.84. The van der Waals surface area contributed by atoms with Gasteiger partial charge in [0.2, 0.25) is 0 Å². The maximum atomic E-state index is 5.74. The second kappa shape index (κ2) is 3.04. The first-order valence-electron chi connectivity index (χ1n) is 4.73. The Kier molecular flexibility index (Phi) is 2.00. The maximum absolute atomic E-state index is 5.74. The predicted octanol–water partition coefficient (Wildman–Crippen LogP) is 1.82. The summed E-state index contributed by atoms with van der Waals surface area (Å²) >= 11 is 0. The Bertz CT molecular complexity index is 318. The molecule has 2 heteroatoms. The molecular weight excluding hydrogens is 160 g/mol. The Morgan fingerprint density at radius 3 is 2.85 bits per heavy atom. The molecule has 0 saturated carbocycles. The van der Waals surface area contributed by atoms with Gasteiger partial charge in [0.15, 0.2) is 0 Å². The van der Waals surface area contributed by atoms with Crippen LogP contribution < -0.4 is 5.73 Å². The van der Waals surface area contributed by atoms with Gasteiger partial charge in [0.25, 0.3) is 0 Å². The zero-order valence-electron chi connectivity index (χ0n) is 8.25. The fraction of sp³-hybridized carbons (Fsp3) is 0.455. The van der Waals surface area contributed by atoms with Crippen molar-refractivity contribution in [1.82, 2.24) is 4.90 Å². The summed E-state index contributed by atoms with van der Waals surface area (Å²) in [5.41, 5.74) is 9.51. The predicted molar refractivity (Wildman–Crippen MR) is 55.6 cm³/mol. The Morgan fingerprint density at radius 1 is 1.38 bits per heavy atom. The fourth-order valence-corrected chi connectivity index (χ4v) is 2.15. The van der Waals surface area contributed by atoms with Crippen molar-refractivity contribution >= 4 is 5.69 Å². The molecule has 0 spiro atoms. The summed E-state index contributed by atoms with van der Waals surface area (Å²) < 4.78 is 0. The van der Waals surface area contributed by atoms with Gasteiger partial charge in [0.05, 0.1) is 0 Å². The molecule has 13 heavy (non-hydrogen) atoms. The molecule has 0 amide bonds. The van der Waals surface area contributed by atoms with Crippen molar-refractivity contribution in [2.45, 2.75) is 18.9 Å². The van der Waals surface area contributed by atoms with Gasteiger partial charge in [-0.2, -0.15) is 0 Å². The van der Waals surface area contributed by atoms with E-state index in [0.29, 0.717) is 6.04 Å². The largest absolute Gasteiger partial charge is 0.399 e.